The van der Waals surface area contributed by atoms with Gasteiger partial charge < -0.3 is 14.2 Å². The Morgan fingerprint density at radius 2 is 1.48 bits per heavy atom. The van der Waals surface area contributed by atoms with E-state index in [9.17, 15) is 4.79 Å². The Morgan fingerprint density at radius 3 is 2.00 bits per heavy atom. The number of esters is 1. The monoisotopic (exact) mass is 360 g/mol. The van der Waals surface area contributed by atoms with Crippen LogP contribution in [-0.2, 0) is 16.0 Å². The van der Waals surface area contributed by atoms with Crippen LogP contribution in [0, 0.1) is 0 Å². The van der Waals surface area contributed by atoms with Gasteiger partial charge in [-0.3, -0.25) is 4.79 Å². The predicted molar refractivity (Wildman–Crippen MR) is 102 cm³/mol. The Bertz CT molecular complexity index is 652. The van der Waals surface area contributed by atoms with Crippen LogP contribution in [0.5, 0.6) is 11.5 Å². The summed E-state index contributed by atoms with van der Waals surface area (Å²) in [4.78, 5) is 11.4. The molecule has 2 aromatic rings. The number of hydrogen-bond donors (Lipinski definition) is 0. The molecule has 0 bridgehead atoms. The molecule has 0 heterocycles. The third-order valence-corrected chi connectivity index (χ3v) is 5.20. The molecule has 0 unspecified atom stereocenters. The quantitative estimate of drug-likeness (QED) is 0.625. The average Bonchev–Trinajstić information content (AvgIpc) is 2.67. The summed E-state index contributed by atoms with van der Waals surface area (Å²) in [5.74, 6) is 2.24. The number of rotatable bonds is 9. The summed E-state index contributed by atoms with van der Waals surface area (Å²) in [7, 11) is 4.75. The van der Waals surface area contributed by atoms with Gasteiger partial charge in [-0.1, -0.05) is 24.3 Å². The van der Waals surface area contributed by atoms with Gasteiger partial charge in [-0.15, -0.1) is 0 Å². The Balaban J connectivity index is 2.10. The average molecular weight is 360 g/mol. The first kappa shape index (κ1) is 19.2. The van der Waals surface area contributed by atoms with Crippen molar-refractivity contribution in [3.05, 3.63) is 59.7 Å². The maximum absolute atomic E-state index is 11.4. The zero-order valence-electron chi connectivity index (χ0n) is 14.9. The van der Waals surface area contributed by atoms with Crippen LogP contribution in [-0.4, -0.2) is 33.1 Å². The molecule has 0 aliphatic rings. The summed E-state index contributed by atoms with van der Waals surface area (Å²) in [6.07, 6.45) is 1.29. The smallest absolute Gasteiger partial charge is 0.306 e. The first-order chi connectivity index (χ1) is 12.2. The lowest BCUT2D eigenvalue weighted by molar-refractivity contribution is -0.140. The molecule has 2 aromatic carbocycles. The second-order valence-corrected chi connectivity index (χ2v) is 6.82. The number of carbonyl (C=O) groups excluding carboxylic acids is 1. The van der Waals surface area contributed by atoms with Gasteiger partial charge in [0.15, 0.2) is 0 Å². The van der Waals surface area contributed by atoms with E-state index in [1.54, 1.807) is 26.0 Å². The molecule has 0 fully saturated rings. The summed E-state index contributed by atoms with van der Waals surface area (Å²) in [5.41, 5.74) is 2.44. The van der Waals surface area contributed by atoms with Crippen LogP contribution in [0.4, 0.5) is 0 Å². The minimum Gasteiger partial charge on any atom is -0.497 e. The Labute approximate surface area is 153 Å². The van der Waals surface area contributed by atoms with Gasteiger partial charge in [0, 0.05) is 11.0 Å². The molecule has 0 aromatic heterocycles. The van der Waals surface area contributed by atoms with E-state index in [-0.39, 0.29) is 11.2 Å². The second-order valence-electron chi connectivity index (χ2n) is 5.51. The van der Waals surface area contributed by atoms with Crippen molar-refractivity contribution < 1.29 is 19.0 Å². The highest BCUT2D eigenvalue weighted by molar-refractivity contribution is 7.99. The predicted octanol–water partition coefficient (Wildman–Crippen LogP) is 4.28. The van der Waals surface area contributed by atoms with Crippen LogP contribution in [0.25, 0.3) is 0 Å². The Kier molecular flexibility index (Phi) is 7.67. The van der Waals surface area contributed by atoms with Crippen molar-refractivity contribution in [1.29, 1.82) is 0 Å². The third kappa shape index (κ3) is 6.02. The molecule has 0 amide bonds. The number of hydrogen-bond acceptors (Lipinski definition) is 5. The maximum atomic E-state index is 11.4. The van der Waals surface area contributed by atoms with Crippen LogP contribution < -0.4 is 9.47 Å². The molecule has 25 heavy (non-hydrogen) atoms. The van der Waals surface area contributed by atoms with Crippen molar-refractivity contribution in [3.8, 4) is 11.5 Å². The normalized spacial score (nSPS) is 11.6. The molecule has 0 saturated heterocycles. The highest BCUT2D eigenvalue weighted by atomic mass is 32.2. The van der Waals surface area contributed by atoms with Gasteiger partial charge in [-0.2, -0.15) is 11.8 Å². The lowest BCUT2D eigenvalue weighted by Gasteiger charge is -2.18. The van der Waals surface area contributed by atoms with Gasteiger partial charge in [-0.25, -0.2) is 0 Å². The van der Waals surface area contributed by atoms with E-state index in [2.05, 4.69) is 24.3 Å². The minimum atomic E-state index is -0.176. The highest BCUT2D eigenvalue weighted by Gasteiger charge is 2.14. The first-order valence-electron chi connectivity index (χ1n) is 8.11. The zero-order valence-corrected chi connectivity index (χ0v) is 15.7. The van der Waals surface area contributed by atoms with E-state index in [0.29, 0.717) is 6.42 Å². The molecular formula is C20H24O4S. The molecule has 0 spiro atoms. The van der Waals surface area contributed by atoms with E-state index in [1.807, 2.05) is 24.3 Å². The SMILES string of the molecule is COC(=O)CCS[C@@H](Cc1ccc(OC)cc1)c1ccc(OC)cc1. The molecule has 0 aliphatic carbocycles. The Morgan fingerprint density at radius 1 is 0.920 bits per heavy atom. The molecule has 0 radical (unpaired) electrons. The van der Waals surface area contributed by atoms with E-state index in [1.165, 1.54) is 18.2 Å². The summed E-state index contributed by atoms with van der Waals surface area (Å²) < 4.78 is 15.2. The van der Waals surface area contributed by atoms with Crippen LogP contribution in [0.2, 0.25) is 0 Å². The van der Waals surface area contributed by atoms with Gasteiger partial charge in [0.1, 0.15) is 11.5 Å². The highest BCUT2D eigenvalue weighted by Crippen LogP contribution is 2.34. The zero-order chi connectivity index (χ0) is 18.1. The van der Waals surface area contributed by atoms with Crippen LogP contribution >= 0.6 is 11.8 Å². The number of methoxy groups -OCH3 is 3. The van der Waals surface area contributed by atoms with Crippen molar-refractivity contribution in [3.63, 3.8) is 0 Å². The number of thioether (sulfide) groups is 1. The van der Waals surface area contributed by atoms with Crippen LogP contribution in [0.1, 0.15) is 22.8 Å². The third-order valence-electron chi connectivity index (χ3n) is 3.92. The molecule has 134 valence electrons. The molecule has 0 aliphatic heterocycles. The fourth-order valence-electron chi connectivity index (χ4n) is 2.45. The van der Waals surface area contributed by atoms with Gasteiger partial charge in [0.2, 0.25) is 0 Å². The molecule has 0 saturated carbocycles. The molecular weight excluding hydrogens is 336 g/mol. The van der Waals surface area contributed by atoms with Crippen molar-refractivity contribution in [2.24, 2.45) is 0 Å². The Hall–Kier alpha value is -2.14. The summed E-state index contributed by atoms with van der Waals surface area (Å²) in [6, 6.07) is 16.2. The number of carbonyl (C=O) groups is 1. The van der Waals surface area contributed by atoms with E-state index < -0.39 is 0 Å². The van der Waals surface area contributed by atoms with Crippen LogP contribution in [0.3, 0.4) is 0 Å². The van der Waals surface area contributed by atoms with Crippen molar-refractivity contribution in [2.45, 2.75) is 18.1 Å². The second kappa shape index (κ2) is 9.99. The van der Waals surface area contributed by atoms with Crippen molar-refractivity contribution >= 4 is 17.7 Å². The molecule has 4 nitrogen and oxygen atoms in total. The fourth-order valence-corrected chi connectivity index (χ4v) is 3.68. The van der Waals surface area contributed by atoms with E-state index >= 15 is 0 Å². The maximum Gasteiger partial charge on any atom is 0.306 e. The number of benzene rings is 2. The van der Waals surface area contributed by atoms with Gasteiger partial charge in [-0.05, 0) is 41.8 Å². The minimum absolute atomic E-state index is 0.176. The summed E-state index contributed by atoms with van der Waals surface area (Å²) in [5, 5.41) is 0.254. The van der Waals surface area contributed by atoms with Crippen LogP contribution in [0.15, 0.2) is 48.5 Å². The van der Waals surface area contributed by atoms with E-state index in [0.717, 1.165) is 23.7 Å². The van der Waals surface area contributed by atoms with Gasteiger partial charge >= 0.3 is 5.97 Å². The van der Waals surface area contributed by atoms with Crippen molar-refractivity contribution in [1.82, 2.24) is 0 Å². The topological polar surface area (TPSA) is 44.8 Å². The summed E-state index contributed by atoms with van der Waals surface area (Å²) >= 11 is 1.76. The fraction of sp³-hybridized carbons (Fsp3) is 0.350. The van der Waals surface area contributed by atoms with Crippen molar-refractivity contribution in [2.75, 3.05) is 27.1 Å². The summed E-state index contributed by atoms with van der Waals surface area (Å²) in [6.45, 7) is 0. The molecule has 1 atom stereocenters. The first-order valence-corrected chi connectivity index (χ1v) is 9.16. The molecule has 5 heteroatoms. The lowest BCUT2D eigenvalue weighted by atomic mass is 10.0. The lowest BCUT2D eigenvalue weighted by Crippen LogP contribution is -2.05. The largest absolute Gasteiger partial charge is 0.497 e. The molecule has 2 rings (SSSR count). The standard InChI is InChI=1S/C20H24O4S/c1-22-17-8-4-15(5-9-17)14-19(25-13-12-20(21)24-3)16-6-10-18(23-2)11-7-16/h4-11,19H,12-14H2,1-3H3/t19-/m0/s1. The van der Waals surface area contributed by atoms with Gasteiger partial charge in [0.05, 0.1) is 27.8 Å². The van der Waals surface area contributed by atoms with Gasteiger partial charge in [0.25, 0.3) is 0 Å². The van der Waals surface area contributed by atoms with E-state index in [4.69, 9.17) is 14.2 Å². The molecule has 0 N–H and O–H groups in total. The number of ether oxygens (including phenoxy) is 3.